The normalized spacial score (nSPS) is 12.1. The summed E-state index contributed by atoms with van der Waals surface area (Å²) in [7, 11) is 1.49. The van der Waals surface area contributed by atoms with Gasteiger partial charge in [-0.05, 0) is 5.56 Å². The second-order valence-electron chi connectivity index (χ2n) is 2.77. The van der Waals surface area contributed by atoms with Crippen LogP contribution in [-0.2, 0) is 11.2 Å². The quantitative estimate of drug-likeness (QED) is 0.714. The molecule has 76 valence electrons. The molecule has 1 aromatic heterocycles. The number of aliphatic hydroxyl groups is 1. The van der Waals surface area contributed by atoms with Gasteiger partial charge in [0.1, 0.15) is 0 Å². The van der Waals surface area contributed by atoms with E-state index in [9.17, 15) is 4.79 Å². The van der Waals surface area contributed by atoms with Crippen LogP contribution in [0.5, 0.6) is 5.88 Å². The lowest BCUT2D eigenvalue weighted by Crippen LogP contribution is -2.21. The highest BCUT2D eigenvalue weighted by molar-refractivity contribution is 5.72. The van der Waals surface area contributed by atoms with Gasteiger partial charge in [-0.1, -0.05) is 6.07 Å². The van der Waals surface area contributed by atoms with Gasteiger partial charge >= 0.3 is 5.97 Å². The Morgan fingerprint density at radius 1 is 1.64 bits per heavy atom. The molecule has 14 heavy (non-hydrogen) atoms. The number of methoxy groups -OCH3 is 1. The van der Waals surface area contributed by atoms with Crippen LogP contribution in [0.2, 0.25) is 0 Å². The number of nitrogens with zero attached hydrogens (tertiary/aromatic N) is 1. The summed E-state index contributed by atoms with van der Waals surface area (Å²) >= 11 is 0. The Morgan fingerprint density at radius 3 is 2.79 bits per heavy atom. The molecule has 1 atom stereocenters. The summed E-state index contributed by atoms with van der Waals surface area (Å²) in [5.41, 5.74) is 0.653. The highest BCUT2D eigenvalue weighted by Gasteiger charge is 2.13. The fraction of sp³-hybridized carbons (Fsp3) is 0.333. The molecule has 0 aliphatic heterocycles. The molecule has 1 unspecified atom stereocenters. The Labute approximate surface area is 81.0 Å². The molecule has 0 radical (unpaired) electrons. The predicted molar refractivity (Wildman–Crippen MR) is 48.1 cm³/mol. The van der Waals surface area contributed by atoms with Crippen molar-refractivity contribution in [2.24, 2.45) is 0 Å². The molecule has 1 rings (SSSR count). The van der Waals surface area contributed by atoms with Crippen molar-refractivity contribution in [2.75, 3.05) is 7.11 Å². The van der Waals surface area contributed by atoms with E-state index in [0.717, 1.165) is 0 Å². The average Bonchev–Trinajstić information content (AvgIpc) is 2.19. The van der Waals surface area contributed by atoms with E-state index in [1.165, 1.54) is 13.3 Å². The number of carbonyl (C=O) groups is 1. The molecular weight excluding hydrogens is 186 g/mol. The summed E-state index contributed by atoms with van der Waals surface area (Å²) in [5.74, 6) is -0.778. The van der Waals surface area contributed by atoms with Crippen LogP contribution in [0.25, 0.3) is 0 Å². The number of carboxylic acid groups (broad SMARTS) is 1. The Hall–Kier alpha value is -1.62. The number of rotatable bonds is 4. The molecule has 5 heteroatoms. The van der Waals surface area contributed by atoms with E-state index in [0.29, 0.717) is 11.4 Å². The zero-order valence-corrected chi connectivity index (χ0v) is 7.67. The lowest BCUT2D eigenvalue weighted by molar-refractivity contribution is -0.146. The number of hydrogen-bond donors (Lipinski definition) is 2. The van der Waals surface area contributed by atoms with Gasteiger partial charge in [0, 0.05) is 18.7 Å². The minimum Gasteiger partial charge on any atom is -0.481 e. The topological polar surface area (TPSA) is 79.7 Å². The van der Waals surface area contributed by atoms with Crippen molar-refractivity contribution in [1.29, 1.82) is 0 Å². The van der Waals surface area contributed by atoms with Crippen LogP contribution in [0, 0.1) is 0 Å². The van der Waals surface area contributed by atoms with Gasteiger partial charge in [-0.2, -0.15) is 0 Å². The lowest BCUT2D eigenvalue weighted by atomic mass is 10.1. The summed E-state index contributed by atoms with van der Waals surface area (Å²) < 4.78 is 4.83. The van der Waals surface area contributed by atoms with Gasteiger partial charge in [0.05, 0.1) is 7.11 Å². The van der Waals surface area contributed by atoms with Crippen LogP contribution in [0.4, 0.5) is 0 Å². The monoisotopic (exact) mass is 197 g/mol. The van der Waals surface area contributed by atoms with Gasteiger partial charge in [-0.25, -0.2) is 9.78 Å². The van der Waals surface area contributed by atoms with E-state index < -0.39 is 12.1 Å². The third-order valence-corrected chi connectivity index (χ3v) is 1.72. The fourth-order valence-electron chi connectivity index (χ4n) is 0.963. The molecule has 0 saturated carbocycles. The zero-order chi connectivity index (χ0) is 10.6. The van der Waals surface area contributed by atoms with Crippen molar-refractivity contribution >= 4 is 5.97 Å². The number of ether oxygens (including phenoxy) is 1. The zero-order valence-electron chi connectivity index (χ0n) is 7.67. The number of aromatic nitrogens is 1. The Bertz CT molecular complexity index is 309. The molecule has 0 fully saturated rings. The molecule has 2 N–H and O–H groups in total. The van der Waals surface area contributed by atoms with E-state index in [-0.39, 0.29) is 6.42 Å². The lowest BCUT2D eigenvalue weighted by Gasteiger charge is -2.05. The summed E-state index contributed by atoms with van der Waals surface area (Å²) in [6.07, 6.45) is 0.141. The summed E-state index contributed by atoms with van der Waals surface area (Å²) in [5, 5.41) is 17.5. The minimum absolute atomic E-state index is 0.0479. The van der Waals surface area contributed by atoms with Crippen molar-refractivity contribution in [1.82, 2.24) is 4.98 Å². The van der Waals surface area contributed by atoms with Crippen LogP contribution in [0.15, 0.2) is 18.3 Å². The number of carboxylic acids is 1. The van der Waals surface area contributed by atoms with Crippen molar-refractivity contribution < 1.29 is 19.7 Å². The second kappa shape index (κ2) is 4.57. The first kappa shape index (κ1) is 10.5. The van der Waals surface area contributed by atoms with Gasteiger partial charge in [0.2, 0.25) is 5.88 Å². The van der Waals surface area contributed by atoms with E-state index in [2.05, 4.69) is 4.98 Å². The third kappa shape index (κ3) is 2.70. The first-order valence-corrected chi connectivity index (χ1v) is 4.03. The van der Waals surface area contributed by atoms with Crippen LogP contribution in [0.1, 0.15) is 5.56 Å². The van der Waals surface area contributed by atoms with E-state index >= 15 is 0 Å². The molecular formula is C9H11NO4. The van der Waals surface area contributed by atoms with E-state index in [1.54, 1.807) is 12.1 Å². The standard InChI is InChI=1S/C9H11NO4/c1-14-8-3-2-6(5-10-8)4-7(11)9(12)13/h2-3,5,7,11H,4H2,1H3,(H,12,13). The summed E-state index contributed by atoms with van der Waals surface area (Å²) in [6, 6.07) is 3.28. The third-order valence-electron chi connectivity index (χ3n) is 1.72. The maximum atomic E-state index is 10.3. The molecule has 0 spiro atoms. The summed E-state index contributed by atoms with van der Waals surface area (Å²) in [6.45, 7) is 0. The van der Waals surface area contributed by atoms with Crippen molar-refractivity contribution in [2.45, 2.75) is 12.5 Å². The SMILES string of the molecule is COc1ccc(CC(O)C(=O)O)cn1. The average molecular weight is 197 g/mol. The molecule has 0 aromatic carbocycles. The van der Waals surface area contributed by atoms with Gasteiger partial charge < -0.3 is 14.9 Å². The van der Waals surface area contributed by atoms with Gasteiger partial charge in [0.15, 0.2) is 6.10 Å². The van der Waals surface area contributed by atoms with Gasteiger partial charge in [-0.3, -0.25) is 0 Å². The van der Waals surface area contributed by atoms with Crippen molar-refractivity contribution in [3.63, 3.8) is 0 Å². The van der Waals surface area contributed by atoms with Crippen molar-refractivity contribution in [3.8, 4) is 5.88 Å². The maximum Gasteiger partial charge on any atom is 0.332 e. The van der Waals surface area contributed by atoms with Crippen LogP contribution >= 0.6 is 0 Å². The molecule has 1 aromatic rings. The first-order chi connectivity index (χ1) is 6.63. The molecule has 5 nitrogen and oxygen atoms in total. The number of aliphatic carboxylic acids is 1. The molecule has 0 aliphatic carbocycles. The maximum absolute atomic E-state index is 10.3. The molecule has 0 saturated heterocycles. The smallest absolute Gasteiger partial charge is 0.332 e. The van der Waals surface area contributed by atoms with Gasteiger partial charge in [0.25, 0.3) is 0 Å². The Morgan fingerprint density at radius 2 is 2.36 bits per heavy atom. The van der Waals surface area contributed by atoms with E-state index in [1.807, 2.05) is 0 Å². The van der Waals surface area contributed by atoms with Gasteiger partial charge in [-0.15, -0.1) is 0 Å². The largest absolute Gasteiger partial charge is 0.481 e. The summed E-state index contributed by atoms with van der Waals surface area (Å²) in [4.78, 5) is 14.2. The molecule has 0 bridgehead atoms. The highest BCUT2D eigenvalue weighted by Crippen LogP contribution is 2.08. The highest BCUT2D eigenvalue weighted by atomic mass is 16.5. The number of hydrogen-bond acceptors (Lipinski definition) is 4. The Balaban J connectivity index is 2.64. The van der Waals surface area contributed by atoms with Crippen LogP contribution < -0.4 is 4.74 Å². The van der Waals surface area contributed by atoms with Crippen LogP contribution in [0.3, 0.4) is 0 Å². The number of pyridine rings is 1. The molecule has 0 amide bonds. The minimum atomic E-state index is -1.38. The van der Waals surface area contributed by atoms with E-state index in [4.69, 9.17) is 14.9 Å². The number of aliphatic hydroxyl groups excluding tert-OH is 1. The Kier molecular flexibility index (Phi) is 3.41. The molecule has 0 aliphatic rings. The predicted octanol–water partition coefficient (Wildman–Crippen LogP) is 0.0782. The van der Waals surface area contributed by atoms with Crippen LogP contribution in [-0.4, -0.2) is 34.4 Å². The second-order valence-corrected chi connectivity index (χ2v) is 2.77. The van der Waals surface area contributed by atoms with Crippen molar-refractivity contribution in [3.05, 3.63) is 23.9 Å². The molecule has 1 heterocycles. The first-order valence-electron chi connectivity index (χ1n) is 4.03. The fourth-order valence-corrected chi connectivity index (χ4v) is 0.963.